The number of likely N-dealkylation sites (N-methyl/N-ethyl adjacent to an activating group) is 2. The highest BCUT2D eigenvalue weighted by atomic mass is 16.5. The fourth-order valence-corrected chi connectivity index (χ4v) is 10.9. The van der Waals surface area contributed by atoms with Gasteiger partial charge in [0.1, 0.15) is 18.3 Å². The molecule has 2 aliphatic heterocycles. The summed E-state index contributed by atoms with van der Waals surface area (Å²) in [4.78, 5) is 104. The number of methoxy groups -OCH3 is 3. The van der Waals surface area contributed by atoms with E-state index in [9.17, 15) is 38.7 Å². The van der Waals surface area contributed by atoms with Crippen molar-refractivity contribution in [2.45, 2.75) is 161 Å². The lowest BCUT2D eigenvalue weighted by Gasteiger charge is -2.41. The van der Waals surface area contributed by atoms with E-state index >= 15 is 0 Å². The quantitative estimate of drug-likeness (QED) is 0.0643. The van der Waals surface area contributed by atoms with Crippen LogP contribution in [0.1, 0.15) is 111 Å². The van der Waals surface area contributed by atoms with Crippen molar-refractivity contribution in [3.63, 3.8) is 0 Å². The summed E-state index contributed by atoms with van der Waals surface area (Å²) in [5, 5.41) is 15.9. The molecule has 1 fully saturated rings. The molecule has 2 heterocycles. The molecule has 18 nitrogen and oxygen atoms in total. The third kappa shape index (κ3) is 17.7. The van der Waals surface area contributed by atoms with Gasteiger partial charge in [-0.05, 0) is 86.2 Å². The van der Waals surface area contributed by atoms with Crippen molar-refractivity contribution in [1.82, 2.24) is 30.2 Å². The zero-order valence-electron chi connectivity index (χ0n) is 48.2. The minimum absolute atomic E-state index is 0.0113. The van der Waals surface area contributed by atoms with Crippen LogP contribution in [0.25, 0.3) is 0 Å². The number of nitrogens with zero attached hydrogens (tertiary/aromatic N) is 5. The van der Waals surface area contributed by atoms with Gasteiger partial charge in [0.05, 0.1) is 49.8 Å². The average molecular weight is 1070 g/mol. The summed E-state index contributed by atoms with van der Waals surface area (Å²) in [6, 6.07) is 13.9. The molecule has 77 heavy (non-hydrogen) atoms. The van der Waals surface area contributed by atoms with Gasteiger partial charge in [-0.3, -0.25) is 33.7 Å². The van der Waals surface area contributed by atoms with Crippen molar-refractivity contribution >= 4 is 47.1 Å². The first kappa shape index (κ1) is 63.8. The lowest BCUT2D eigenvalue weighted by molar-refractivity contribution is -0.149. The van der Waals surface area contributed by atoms with Gasteiger partial charge in [0, 0.05) is 72.6 Å². The van der Waals surface area contributed by atoms with Crippen molar-refractivity contribution in [2.24, 2.45) is 23.7 Å². The smallest absolute Gasteiger partial charge is 0.328 e. The van der Waals surface area contributed by atoms with Gasteiger partial charge in [0.15, 0.2) is 0 Å². The normalized spacial score (nSPS) is 18.6. The van der Waals surface area contributed by atoms with Crippen LogP contribution in [0, 0.1) is 23.7 Å². The van der Waals surface area contributed by atoms with Gasteiger partial charge in [-0.2, -0.15) is 0 Å². The molecular weight excluding hydrogens is 983 g/mol. The maximum Gasteiger partial charge on any atom is 0.328 e. The minimum Gasteiger partial charge on any atom is -0.467 e. The Morgan fingerprint density at radius 1 is 0.818 bits per heavy atom. The number of hydrogen-bond donors (Lipinski definition) is 3. The maximum atomic E-state index is 14.8. The average Bonchev–Trinajstić information content (AvgIpc) is 4.03. The number of likely N-dealkylation sites (tertiary alicyclic amines) is 1. The first-order chi connectivity index (χ1) is 36.6. The molecule has 4 rings (SSSR count). The Balaban J connectivity index is 1.37. The molecule has 0 spiro atoms. The first-order valence-corrected chi connectivity index (χ1v) is 27.7. The van der Waals surface area contributed by atoms with Gasteiger partial charge in [0.2, 0.25) is 35.4 Å². The topological polar surface area (TPSA) is 208 Å². The summed E-state index contributed by atoms with van der Waals surface area (Å²) in [7, 11) is 9.73. The van der Waals surface area contributed by atoms with Gasteiger partial charge in [-0.15, -0.1) is 0 Å². The molecule has 0 saturated carbocycles. The number of esters is 1. The zero-order chi connectivity index (χ0) is 57.1. The van der Waals surface area contributed by atoms with E-state index in [1.165, 1.54) is 31.3 Å². The Morgan fingerprint density at radius 2 is 1.49 bits per heavy atom. The summed E-state index contributed by atoms with van der Waals surface area (Å²) in [6.45, 7) is 15.0. The molecule has 428 valence electrons. The predicted molar refractivity (Wildman–Crippen MR) is 297 cm³/mol. The van der Waals surface area contributed by atoms with Crippen LogP contribution >= 0.6 is 0 Å². The van der Waals surface area contributed by atoms with Crippen LogP contribution in [0.4, 0.5) is 5.69 Å². The Hall–Kier alpha value is -5.69. The lowest BCUT2D eigenvalue weighted by Crippen LogP contribution is -2.60. The van der Waals surface area contributed by atoms with Crippen molar-refractivity contribution in [2.75, 3.05) is 67.0 Å². The highest BCUT2D eigenvalue weighted by molar-refractivity contribution is 5.93. The zero-order valence-corrected chi connectivity index (χ0v) is 48.2. The van der Waals surface area contributed by atoms with E-state index in [0.29, 0.717) is 64.6 Å². The molecule has 0 aromatic heterocycles. The van der Waals surface area contributed by atoms with E-state index in [0.717, 1.165) is 23.2 Å². The number of benzene rings is 2. The second-order valence-electron chi connectivity index (χ2n) is 21.7. The minimum atomic E-state index is -0.918. The SMILES string of the molecule is CC[C@H](C)[C@@H]([C@@H](CC(=O)N1CCC[C@H]1[C@H](OC)[C@@H](C)C(=O)N[C@@H](Cc1ccccc1)C(=O)OC)OC)N(C)C(=O)[C@@H](NC(=O)[C@H](C(C)C)N(C)CCc1ccc(N(C)C(=O)CCCCCN2C(=O)C=CC2O)cc1)C(C)C. The number of aliphatic hydroxyl groups is 1. The number of hydrogen-bond acceptors (Lipinski definition) is 12. The fraction of sp³-hybridized carbons (Fsp3) is 0.644. The van der Waals surface area contributed by atoms with Gasteiger partial charge in [-0.1, -0.05) is 104 Å². The summed E-state index contributed by atoms with van der Waals surface area (Å²) >= 11 is 0. The molecule has 6 amide bonds. The second-order valence-corrected chi connectivity index (χ2v) is 21.7. The van der Waals surface area contributed by atoms with Crippen LogP contribution < -0.4 is 15.5 Å². The molecule has 18 heteroatoms. The van der Waals surface area contributed by atoms with E-state index in [2.05, 4.69) is 10.6 Å². The predicted octanol–water partition coefficient (Wildman–Crippen LogP) is 5.39. The van der Waals surface area contributed by atoms with Crippen LogP contribution in [0.15, 0.2) is 66.7 Å². The van der Waals surface area contributed by atoms with Crippen molar-refractivity contribution in [1.29, 1.82) is 0 Å². The van der Waals surface area contributed by atoms with Crippen molar-refractivity contribution < 1.29 is 52.9 Å². The first-order valence-electron chi connectivity index (χ1n) is 27.7. The summed E-state index contributed by atoms with van der Waals surface area (Å²) in [6.07, 6.45) is 5.91. The highest BCUT2D eigenvalue weighted by Gasteiger charge is 2.44. The third-order valence-electron chi connectivity index (χ3n) is 15.7. The van der Waals surface area contributed by atoms with Crippen LogP contribution in [-0.2, 0) is 60.6 Å². The van der Waals surface area contributed by atoms with Crippen LogP contribution in [0.3, 0.4) is 0 Å². The molecule has 0 aliphatic carbocycles. The summed E-state index contributed by atoms with van der Waals surface area (Å²) in [5.74, 6) is -3.10. The molecule has 1 saturated heterocycles. The standard InChI is InChI=1S/C59H91N7O11/c1-14-40(6)54(47(75-11)37-51(70)65-34-21-24-46(65)55(76-12)41(7)56(71)60-45(59(74)77-13)36-43-22-17-15-18-23-43)64(10)58(73)52(38(2)3)61-57(72)53(39(4)5)62(8)35-32-42-26-28-44(29-27-42)63(9)48(67)25-19-16-20-33-66-49(68)30-31-50(66)69/h15,17-18,22-23,26-31,38-41,45-47,49,52-55,68H,14,16,19-21,24-25,32-37H2,1-13H3,(H,60,71)(H,61,72)/t40-,41+,45-,46-,47+,49?,52-,53-,54-,55+/m0/s1. The third-order valence-corrected chi connectivity index (χ3v) is 15.7. The number of ether oxygens (including phenoxy) is 3. The number of amides is 6. The Bertz CT molecular complexity index is 2260. The van der Waals surface area contributed by atoms with Crippen LogP contribution in [0.2, 0.25) is 0 Å². The molecule has 1 unspecified atom stereocenters. The molecule has 10 atom stereocenters. The van der Waals surface area contributed by atoms with E-state index < -0.39 is 66.4 Å². The number of unbranched alkanes of at least 4 members (excludes halogenated alkanes) is 2. The van der Waals surface area contributed by atoms with E-state index in [4.69, 9.17) is 14.2 Å². The highest BCUT2D eigenvalue weighted by Crippen LogP contribution is 2.30. The number of nitrogens with one attached hydrogen (secondary N) is 2. The van der Waals surface area contributed by atoms with Gasteiger partial charge >= 0.3 is 5.97 Å². The van der Waals surface area contributed by atoms with Gasteiger partial charge in [0.25, 0.3) is 0 Å². The number of aliphatic hydroxyl groups excluding tert-OH is 1. The van der Waals surface area contributed by atoms with Crippen LogP contribution in [-0.4, -0.2) is 177 Å². The fourth-order valence-electron chi connectivity index (χ4n) is 10.9. The van der Waals surface area contributed by atoms with E-state index in [1.54, 1.807) is 42.8 Å². The number of rotatable bonds is 31. The summed E-state index contributed by atoms with van der Waals surface area (Å²) < 4.78 is 17.1. The molecular formula is C59H91N7O11. The molecule has 0 radical (unpaired) electrons. The molecule has 2 aromatic carbocycles. The molecule has 2 aliphatic rings. The van der Waals surface area contributed by atoms with Gasteiger partial charge in [-0.25, -0.2) is 4.79 Å². The monoisotopic (exact) mass is 1070 g/mol. The van der Waals surface area contributed by atoms with E-state index in [1.807, 2.05) is 108 Å². The number of carbonyl (C=O) groups excluding carboxylic acids is 7. The molecule has 3 N–H and O–H groups in total. The lowest BCUT2D eigenvalue weighted by atomic mass is 9.89. The number of carbonyl (C=O) groups is 7. The number of anilines is 1. The Labute approximate surface area is 458 Å². The van der Waals surface area contributed by atoms with Gasteiger partial charge < -0.3 is 49.6 Å². The van der Waals surface area contributed by atoms with E-state index in [-0.39, 0.29) is 60.1 Å². The summed E-state index contributed by atoms with van der Waals surface area (Å²) in [5.41, 5.74) is 2.67. The van der Waals surface area contributed by atoms with Crippen molar-refractivity contribution in [3.05, 3.63) is 77.9 Å². The molecule has 0 bridgehead atoms. The largest absolute Gasteiger partial charge is 0.467 e. The Morgan fingerprint density at radius 3 is 2.06 bits per heavy atom. The van der Waals surface area contributed by atoms with Crippen molar-refractivity contribution in [3.8, 4) is 0 Å². The second kappa shape index (κ2) is 31.0. The molecule has 2 aromatic rings. The van der Waals surface area contributed by atoms with Crippen LogP contribution in [0.5, 0.6) is 0 Å². The maximum absolute atomic E-state index is 14.8. The Kier molecular flexibility index (Phi) is 25.7.